The third kappa shape index (κ3) is 8.79. The molecule has 0 atom stereocenters. The van der Waals surface area contributed by atoms with Crippen LogP contribution in [0.1, 0.15) is 28.8 Å². The van der Waals surface area contributed by atoms with Crippen molar-refractivity contribution in [3.8, 4) is 23.0 Å². The second-order valence-corrected chi connectivity index (χ2v) is 11.7. The molecule has 1 fully saturated rings. The molecule has 1 aromatic heterocycles. The lowest BCUT2D eigenvalue weighted by Crippen LogP contribution is -2.47. The van der Waals surface area contributed by atoms with Gasteiger partial charge in [-0.1, -0.05) is 6.07 Å². The number of hydrogen-bond acceptors (Lipinski definition) is 8. The van der Waals surface area contributed by atoms with Gasteiger partial charge in [0.25, 0.3) is 0 Å². The highest BCUT2D eigenvalue weighted by Gasteiger charge is 2.25. The minimum absolute atomic E-state index is 0.0471. The Labute approximate surface area is 264 Å². The molecule has 1 saturated heterocycles. The molecular weight excluding hydrogens is 580 g/mol. The molecule has 0 unspecified atom stereocenters. The van der Waals surface area contributed by atoms with Crippen LogP contribution in [0.25, 0.3) is 0 Å². The van der Waals surface area contributed by atoms with Gasteiger partial charge in [-0.3, -0.25) is 4.79 Å². The highest BCUT2D eigenvalue weighted by molar-refractivity contribution is 7.10. The fourth-order valence-corrected chi connectivity index (χ4v) is 6.13. The van der Waals surface area contributed by atoms with Crippen molar-refractivity contribution >= 4 is 29.0 Å². The molecule has 3 aromatic rings. The molecule has 2 aromatic carbocycles. The fraction of sp³-hybridized carbons (Fsp3) is 0.455. The molecular formula is C33H44N4O6S. The Morgan fingerprint density at radius 1 is 0.864 bits per heavy atom. The summed E-state index contributed by atoms with van der Waals surface area (Å²) in [5.74, 6) is 2.29. The zero-order valence-corrected chi connectivity index (χ0v) is 27.2. The Balaban J connectivity index is 1.53. The molecule has 0 aliphatic carbocycles. The first-order chi connectivity index (χ1) is 21.3. The van der Waals surface area contributed by atoms with E-state index in [0.29, 0.717) is 61.3 Å². The standard InChI is InChI=1S/C33H44N4O6S/c1-24-13-19-44-31(24)22-36(16-12-25-8-11-28(41-3)30(20-25)43-5)32(38)23-37(18-17-35-14-6-7-15-35)33(39)34-27-10-9-26(40-2)21-29(27)42-4/h8-11,13,19-21H,6-7,12,14-18,22-23H2,1-5H3,(H,34,39). The monoisotopic (exact) mass is 624 g/mol. The van der Waals surface area contributed by atoms with Gasteiger partial charge in [-0.25, -0.2) is 4.79 Å². The van der Waals surface area contributed by atoms with Crippen LogP contribution >= 0.6 is 11.3 Å². The van der Waals surface area contributed by atoms with Gasteiger partial charge >= 0.3 is 6.03 Å². The number of urea groups is 1. The summed E-state index contributed by atoms with van der Waals surface area (Å²) >= 11 is 1.63. The number of amides is 3. The Morgan fingerprint density at radius 2 is 1.61 bits per heavy atom. The van der Waals surface area contributed by atoms with E-state index in [1.165, 1.54) is 0 Å². The van der Waals surface area contributed by atoms with E-state index in [0.717, 1.165) is 41.9 Å². The summed E-state index contributed by atoms with van der Waals surface area (Å²) in [7, 11) is 6.34. The van der Waals surface area contributed by atoms with Crippen LogP contribution in [0.15, 0.2) is 47.8 Å². The van der Waals surface area contributed by atoms with Crippen LogP contribution in [0.4, 0.5) is 10.5 Å². The third-order valence-corrected chi connectivity index (χ3v) is 8.93. The number of nitrogens with one attached hydrogen (secondary N) is 1. The first-order valence-electron chi connectivity index (χ1n) is 14.9. The molecule has 11 heteroatoms. The normalized spacial score (nSPS) is 12.9. The maximum atomic E-state index is 14.0. The Bertz CT molecular complexity index is 1390. The summed E-state index contributed by atoms with van der Waals surface area (Å²) in [5.41, 5.74) is 2.68. The number of likely N-dealkylation sites (tertiary alicyclic amines) is 1. The molecule has 238 valence electrons. The van der Waals surface area contributed by atoms with Gasteiger partial charge in [-0.2, -0.15) is 0 Å². The van der Waals surface area contributed by atoms with Crippen molar-refractivity contribution in [3.63, 3.8) is 0 Å². The minimum Gasteiger partial charge on any atom is -0.497 e. The second-order valence-electron chi connectivity index (χ2n) is 10.7. The Morgan fingerprint density at radius 3 is 2.27 bits per heavy atom. The summed E-state index contributed by atoms with van der Waals surface area (Å²) in [4.78, 5) is 34.6. The van der Waals surface area contributed by atoms with Gasteiger partial charge in [-0.15, -0.1) is 11.3 Å². The highest BCUT2D eigenvalue weighted by atomic mass is 32.1. The van der Waals surface area contributed by atoms with Crippen LogP contribution in [0, 0.1) is 6.92 Å². The van der Waals surface area contributed by atoms with Crippen molar-refractivity contribution in [2.24, 2.45) is 0 Å². The smallest absolute Gasteiger partial charge is 0.322 e. The second kappa shape index (κ2) is 16.2. The van der Waals surface area contributed by atoms with Crippen molar-refractivity contribution in [2.75, 3.05) is 73.0 Å². The van der Waals surface area contributed by atoms with Gasteiger partial charge in [0.1, 0.15) is 18.0 Å². The number of rotatable bonds is 15. The number of hydrogen-bond donors (Lipinski definition) is 1. The highest BCUT2D eigenvalue weighted by Crippen LogP contribution is 2.30. The lowest BCUT2D eigenvalue weighted by Gasteiger charge is -2.29. The van der Waals surface area contributed by atoms with Crippen molar-refractivity contribution < 1.29 is 28.5 Å². The summed E-state index contributed by atoms with van der Waals surface area (Å²) in [5, 5.41) is 5.00. The van der Waals surface area contributed by atoms with E-state index in [2.05, 4.69) is 23.2 Å². The maximum Gasteiger partial charge on any atom is 0.322 e. The Hall–Kier alpha value is -3.96. The molecule has 1 N–H and O–H groups in total. The van der Waals surface area contributed by atoms with Crippen LogP contribution in [-0.2, 0) is 17.8 Å². The van der Waals surface area contributed by atoms with Crippen molar-refractivity contribution in [1.82, 2.24) is 14.7 Å². The maximum absolute atomic E-state index is 14.0. The lowest BCUT2D eigenvalue weighted by molar-refractivity contribution is -0.132. The summed E-state index contributed by atoms with van der Waals surface area (Å²) in [6.45, 7) is 6.11. The van der Waals surface area contributed by atoms with E-state index in [4.69, 9.17) is 18.9 Å². The quantitative estimate of drug-likeness (QED) is 0.246. The fourth-order valence-electron chi connectivity index (χ4n) is 5.21. The lowest BCUT2D eigenvalue weighted by atomic mass is 10.1. The number of carbonyl (C=O) groups is 2. The average Bonchev–Trinajstić information content (AvgIpc) is 3.72. The van der Waals surface area contributed by atoms with Crippen LogP contribution in [0.3, 0.4) is 0 Å². The number of thiophene rings is 1. The summed E-state index contributed by atoms with van der Waals surface area (Å²) in [6.07, 6.45) is 2.93. The van der Waals surface area contributed by atoms with Gasteiger partial charge in [-0.05, 0) is 86.1 Å². The van der Waals surface area contributed by atoms with Crippen molar-refractivity contribution in [3.05, 3.63) is 63.8 Å². The van der Waals surface area contributed by atoms with E-state index in [-0.39, 0.29) is 18.5 Å². The molecule has 0 bridgehead atoms. The summed E-state index contributed by atoms with van der Waals surface area (Å²) < 4.78 is 21.7. The third-order valence-electron chi connectivity index (χ3n) is 7.92. The van der Waals surface area contributed by atoms with Crippen LogP contribution in [-0.4, -0.2) is 94.3 Å². The van der Waals surface area contributed by atoms with Gasteiger partial charge in [0.05, 0.1) is 40.7 Å². The predicted molar refractivity (Wildman–Crippen MR) is 174 cm³/mol. The number of aryl methyl sites for hydroxylation is 1. The number of carbonyl (C=O) groups excluding carboxylic acids is 2. The van der Waals surface area contributed by atoms with Crippen LogP contribution < -0.4 is 24.3 Å². The molecule has 0 spiro atoms. The number of ether oxygens (including phenoxy) is 4. The number of methoxy groups -OCH3 is 4. The van der Waals surface area contributed by atoms with Crippen LogP contribution in [0.5, 0.6) is 23.0 Å². The molecule has 4 rings (SSSR count). The van der Waals surface area contributed by atoms with E-state index in [9.17, 15) is 9.59 Å². The van der Waals surface area contributed by atoms with E-state index < -0.39 is 0 Å². The predicted octanol–water partition coefficient (Wildman–Crippen LogP) is 5.29. The molecule has 2 heterocycles. The molecule has 0 saturated carbocycles. The molecule has 44 heavy (non-hydrogen) atoms. The topological polar surface area (TPSA) is 92.8 Å². The molecule has 0 radical (unpaired) electrons. The first-order valence-corrected chi connectivity index (χ1v) is 15.7. The van der Waals surface area contributed by atoms with Gasteiger partial charge in [0, 0.05) is 30.6 Å². The number of benzene rings is 2. The zero-order valence-electron chi connectivity index (χ0n) is 26.4. The Kier molecular flexibility index (Phi) is 12.1. The average molecular weight is 625 g/mol. The van der Waals surface area contributed by atoms with E-state index in [1.54, 1.807) is 62.9 Å². The number of nitrogens with zero attached hydrogens (tertiary/aromatic N) is 3. The molecule has 1 aliphatic rings. The molecule has 3 amide bonds. The van der Waals surface area contributed by atoms with Crippen LogP contribution in [0.2, 0.25) is 0 Å². The first kappa shape index (κ1) is 32.9. The van der Waals surface area contributed by atoms with E-state index in [1.807, 2.05) is 28.5 Å². The van der Waals surface area contributed by atoms with Crippen molar-refractivity contribution in [2.45, 2.75) is 32.7 Å². The largest absolute Gasteiger partial charge is 0.497 e. The van der Waals surface area contributed by atoms with Gasteiger partial charge in [0.15, 0.2) is 11.5 Å². The molecule has 1 aliphatic heterocycles. The zero-order chi connectivity index (χ0) is 31.5. The van der Waals surface area contributed by atoms with E-state index >= 15 is 0 Å². The minimum atomic E-state index is -0.354. The number of anilines is 1. The van der Waals surface area contributed by atoms with Crippen molar-refractivity contribution in [1.29, 1.82) is 0 Å². The summed E-state index contributed by atoms with van der Waals surface area (Å²) in [6, 6.07) is 12.7. The SMILES string of the molecule is COc1ccc(NC(=O)N(CCN2CCCC2)CC(=O)N(CCc2ccc(OC)c(OC)c2)Cc2sccc2C)c(OC)c1. The van der Waals surface area contributed by atoms with Gasteiger partial charge in [0.2, 0.25) is 5.91 Å². The van der Waals surface area contributed by atoms with Gasteiger partial charge < -0.3 is 39.0 Å². The molecule has 10 nitrogen and oxygen atoms in total.